The van der Waals surface area contributed by atoms with Crippen molar-refractivity contribution in [3.05, 3.63) is 11.5 Å². The number of anilines is 1. The number of rotatable bonds is 4. The summed E-state index contributed by atoms with van der Waals surface area (Å²) in [5.74, 6) is 3.48. The quantitative estimate of drug-likeness (QED) is 0.861. The van der Waals surface area contributed by atoms with E-state index in [2.05, 4.69) is 39.2 Å². The molecule has 21 heavy (non-hydrogen) atoms. The molecule has 1 aromatic rings. The second-order valence-corrected chi connectivity index (χ2v) is 7.93. The van der Waals surface area contributed by atoms with Crippen LogP contribution >= 0.6 is 0 Å². The molecule has 0 saturated heterocycles. The molecule has 2 rings (SSSR count). The summed E-state index contributed by atoms with van der Waals surface area (Å²) in [5, 5.41) is 0. The molecule has 2 N–H and O–H groups in total. The van der Waals surface area contributed by atoms with Gasteiger partial charge in [0.05, 0.1) is 5.69 Å². The van der Waals surface area contributed by atoms with E-state index in [1.807, 2.05) is 0 Å². The van der Waals surface area contributed by atoms with Crippen LogP contribution in [0.15, 0.2) is 0 Å². The predicted octanol–water partition coefficient (Wildman–Crippen LogP) is 4.86. The SMILES string of the molecule is CCCCn1c(C(C)(C)C)nc(C2CCCC(C)C2)c1N. The fourth-order valence-corrected chi connectivity index (χ4v) is 3.58. The maximum atomic E-state index is 6.52. The lowest BCUT2D eigenvalue weighted by Crippen LogP contribution is -2.20. The Bertz CT molecular complexity index is 468. The normalized spacial score (nSPS) is 23.5. The van der Waals surface area contributed by atoms with Crippen molar-refractivity contribution in [2.24, 2.45) is 5.92 Å². The predicted molar refractivity (Wildman–Crippen MR) is 90.6 cm³/mol. The van der Waals surface area contributed by atoms with Gasteiger partial charge in [-0.2, -0.15) is 0 Å². The van der Waals surface area contributed by atoms with Gasteiger partial charge in [0.25, 0.3) is 0 Å². The highest BCUT2D eigenvalue weighted by Gasteiger charge is 2.30. The lowest BCUT2D eigenvalue weighted by Gasteiger charge is -2.25. The summed E-state index contributed by atoms with van der Waals surface area (Å²) >= 11 is 0. The summed E-state index contributed by atoms with van der Waals surface area (Å²) < 4.78 is 2.29. The largest absolute Gasteiger partial charge is 0.384 e. The highest BCUT2D eigenvalue weighted by Crippen LogP contribution is 2.39. The van der Waals surface area contributed by atoms with Crippen LogP contribution in [0, 0.1) is 5.92 Å². The maximum absolute atomic E-state index is 6.52. The molecule has 3 nitrogen and oxygen atoms in total. The van der Waals surface area contributed by atoms with E-state index in [0.29, 0.717) is 5.92 Å². The van der Waals surface area contributed by atoms with E-state index in [0.717, 1.165) is 18.3 Å². The lowest BCUT2D eigenvalue weighted by molar-refractivity contribution is 0.340. The van der Waals surface area contributed by atoms with Crippen LogP contribution in [-0.2, 0) is 12.0 Å². The highest BCUT2D eigenvalue weighted by atomic mass is 15.2. The molecule has 0 aliphatic heterocycles. The maximum Gasteiger partial charge on any atom is 0.127 e. The molecule has 2 unspecified atom stereocenters. The summed E-state index contributed by atoms with van der Waals surface area (Å²) in [5.41, 5.74) is 7.76. The fourth-order valence-electron chi connectivity index (χ4n) is 3.58. The van der Waals surface area contributed by atoms with E-state index < -0.39 is 0 Å². The molecule has 1 aliphatic carbocycles. The molecule has 0 aromatic carbocycles. The van der Waals surface area contributed by atoms with Crippen molar-refractivity contribution in [3.63, 3.8) is 0 Å². The molecule has 120 valence electrons. The first-order valence-electron chi connectivity index (χ1n) is 8.71. The minimum Gasteiger partial charge on any atom is -0.384 e. The summed E-state index contributed by atoms with van der Waals surface area (Å²) in [6, 6.07) is 0. The number of hydrogen-bond donors (Lipinski definition) is 1. The van der Waals surface area contributed by atoms with Crippen molar-refractivity contribution in [3.8, 4) is 0 Å². The molecule has 1 aromatic heterocycles. The number of hydrogen-bond acceptors (Lipinski definition) is 2. The van der Waals surface area contributed by atoms with Crippen LogP contribution in [0.2, 0.25) is 0 Å². The molecule has 3 heteroatoms. The number of imidazole rings is 1. The minimum atomic E-state index is 0.0559. The zero-order valence-electron chi connectivity index (χ0n) is 14.6. The van der Waals surface area contributed by atoms with Crippen molar-refractivity contribution in [1.29, 1.82) is 0 Å². The average Bonchev–Trinajstić information content (AvgIpc) is 2.73. The van der Waals surface area contributed by atoms with E-state index in [4.69, 9.17) is 10.7 Å². The molecule has 1 aliphatic rings. The first kappa shape index (κ1) is 16.4. The van der Waals surface area contributed by atoms with Crippen LogP contribution in [-0.4, -0.2) is 9.55 Å². The smallest absolute Gasteiger partial charge is 0.127 e. The topological polar surface area (TPSA) is 43.8 Å². The van der Waals surface area contributed by atoms with Crippen LogP contribution in [0.25, 0.3) is 0 Å². The molecule has 0 amide bonds. The third-order valence-electron chi connectivity index (χ3n) is 4.76. The summed E-state index contributed by atoms with van der Waals surface area (Å²) in [4.78, 5) is 5.03. The van der Waals surface area contributed by atoms with Crippen molar-refractivity contribution >= 4 is 5.82 Å². The Morgan fingerprint density at radius 2 is 2.00 bits per heavy atom. The standard InChI is InChI=1S/C18H33N3/c1-6-7-11-21-16(19)15(20-17(21)18(3,4)5)14-10-8-9-13(2)12-14/h13-14H,6-12,19H2,1-5H3. The zero-order valence-corrected chi connectivity index (χ0v) is 14.6. The van der Waals surface area contributed by atoms with Crippen molar-refractivity contribution < 1.29 is 0 Å². The number of nitrogens with zero attached hydrogens (tertiary/aromatic N) is 2. The van der Waals surface area contributed by atoms with Gasteiger partial charge in [-0.05, 0) is 25.2 Å². The van der Waals surface area contributed by atoms with Crippen LogP contribution in [0.1, 0.15) is 90.6 Å². The van der Waals surface area contributed by atoms with Crippen molar-refractivity contribution in [2.75, 3.05) is 5.73 Å². The molecule has 1 heterocycles. The van der Waals surface area contributed by atoms with E-state index in [1.165, 1.54) is 50.0 Å². The van der Waals surface area contributed by atoms with Gasteiger partial charge in [-0.1, -0.05) is 53.9 Å². The highest BCUT2D eigenvalue weighted by molar-refractivity contribution is 5.42. The molecule has 0 bridgehead atoms. The number of unbranched alkanes of at least 4 members (excludes halogenated alkanes) is 1. The first-order valence-corrected chi connectivity index (χ1v) is 8.71. The van der Waals surface area contributed by atoms with Gasteiger partial charge in [0, 0.05) is 17.9 Å². The van der Waals surface area contributed by atoms with Crippen LogP contribution < -0.4 is 5.73 Å². The summed E-state index contributed by atoms with van der Waals surface area (Å²) in [7, 11) is 0. The zero-order chi connectivity index (χ0) is 15.6. The Labute approximate surface area is 130 Å². The molecule has 0 spiro atoms. The third-order valence-corrected chi connectivity index (χ3v) is 4.76. The van der Waals surface area contributed by atoms with Gasteiger partial charge in [-0.15, -0.1) is 0 Å². The Morgan fingerprint density at radius 1 is 1.29 bits per heavy atom. The average molecular weight is 291 g/mol. The van der Waals surface area contributed by atoms with Crippen LogP contribution in [0.3, 0.4) is 0 Å². The third kappa shape index (κ3) is 3.61. The van der Waals surface area contributed by atoms with Gasteiger partial charge < -0.3 is 10.3 Å². The summed E-state index contributed by atoms with van der Waals surface area (Å²) in [6.45, 7) is 12.3. The van der Waals surface area contributed by atoms with E-state index in [9.17, 15) is 0 Å². The van der Waals surface area contributed by atoms with E-state index >= 15 is 0 Å². The second-order valence-electron chi connectivity index (χ2n) is 7.93. The summed E-state index contributed by atoms with van der Waals surface area (Å²) in [6.07, 6.45) is 7.54. The first-order chi connectivity index (χ1) is 9.84. The van der Waals surface area contributed by atoms with Gasteiger partial charge in [0.2, 0.25) is 0 Å². The Morgan fingerprint density at radius 3 is 2.57 bits per heavy atom. The van der Waals surface area contributed by atoms with Crippen LogP contribution in [0.5, 0.6) is 0 Å². The molecule has 0 radical (unpaired) electrons. The Balaban J connectivity index is 2.35. The van der Waals surface area contributed by atoms with Gasteiger partial charge in [0.15, 0.2) is 0 Å². The molecular formula is C18H33N3. The lowest BCUT2D eigenvalue weighted by atomic mass is 9.81. The minimum absolute atomic E-state index is 0.0559. The van der Waals surface area contributed by atoms with E-state index in [1.54, 1.807) is 0 Å². The van der Waals surface area contributed by atoms with Crippen molar-refractivity contribution in [2.45, 2.75) is 91.0 Å². The second kappa shape index (κ2) is 6.41. The fraction of sp³-hybridized carbons (Fsp3) is 0.833. The number of nitrogens with two attached hydrogens (primary N) is 1. The number of nitrogen functional groups attached to an aromatic ring is 1. The molecule has 2 atom stereocenters. The van der Waals surface area contributed by atoms with Crippen LogP contribution in [0.4, 0.5) is 5.82 Å². The van der Waals surface area contributed by atoms with Gasteiger partial charge >= 0.3 is 0 Å². The Hall–Kier alpha value is -0.990. The van der Waals surface area contributed by atoms with Gasteiger partial charge in [-0.3, -0.25) is 0 Å². The molecular weight excluding hydrogens is 258 g/mol. The monoisotopic (exact) mass is 291 g/mol. The number of aromatic nitrogens is 2. The Kier molecular flexibility index (Phi) is 5.00. The molecule has 1 saturated carbocycles. The van der Waals surface area contributed by atoms with Crippen molar-refractivity contribution in [1.82, 2.24) is 9.55 Å². The van der Waals surface area contributed by atoms with Gasteiger partial charge in [0.1, 0.15) is 11.6 Å². The molecule has 1 fully saturated rings. The van der Waals surface area contributed by atoms with E-state index in [-0.39, 0.29) is 5.41 Å². The van der Waals surface area contributed by atoms with Gasteiger partial charge in [-0.25, -0.2) is 4.98 Å².